The van der Waals surface area contributed by atoms with Crippen LogP contribution in [0.3, 0.4) is 0 Å². The minimum atomic E-state index is -4.58. The molecule has 0 saturated carbocycles. The minimum Gasteiger partial charge on any atom is -0.440 e. The lowest BCUT2D eigenvalue weighted by Crippen LogP contribution is -2.51. The van der Waals surface area contributed by atoms with Gasteiger partial charge < -0.3 is 10.5 Å². The van der Waals surface area contributed by atoms with Crippen LogP contribution in [0.15, 0.2) is 0 Å². The monoisotopic (exact) mass is 254 g/mol. The van der Waals surface area contributed by atoms with E-state index < -0.39 is 30.8 Å². The summed E-state index contributed by atoms with van der Waals surface area (Å²) in [5.41, 5.74) is 5.07. The summed E-state index contributed by atoms with van der Waals surface area (Å²) in [4.78, 5) is 23.3. The van der Waals surface area contributed by atoms with E-state index in [0.29, 0.717) is 19.3 Å². The van der Waals surface area contributed by atoms with Gasteiger partial charge in [0, 0.05) is 6.54 Å². The topological polar surface area (TPSA) is 72.6 Å². The van der Waals surface area contributed by atoms with Gasteiger partial charge in [0.2, 0.25) is 5.91 Å². The lowest BCUT2D eigenvalue weighted by Gasteiger charge is -2.32. The van der Waals surface area contributed by atoms with Gasteiger partial charge in [-0.1, -0.05) is 0 Å². The molecule has 0 aromatic rings. The van der Waals surface area contributed by atoms with Crippen LogP contribution in [0.5, 0.6) is 0 Å². The molecule has 5 nitrogen and oxygen atoms in total. The lowest BCUT2D eigenvalue weighted by molar-refractivity contribution is -0.163. The second-order valence-electron chi connectivity index (χ2n) is 3.78. The van der Waals surface area contributed by atoms with Crippen LogP contribution in [-0.2, 0) is 9.53 Å². The van der Waals surface area contributed by atoms with Crippen molar-refractivity contribution in [1.29, 1.82) is 0 Å². The Hall–Kier alpha value is -1.47. The first-order valence-corrected chi connectivity index (χ1v) is 5.11. The summed E-state index contributed by atoms with van der Waals surface area (Å²) in [6.07, 6.45) is -4.04. The van der Waals surface area contributed by atoms with E-state index in [9.17, 15) is 22.8 Å². The zero-order chi connectivity index (χ0) is 13.1. The number of hydrogen-bond donors (Lipinski definition) is 1. The SMILES string of the molecule is NC(=O)C1CCCCN1C(=O)OCC(F)(F)F. The van der Waals surface area contributed by atoms with Crippen molar-refractivity contribution < 1.29 is 27.5 Å². The molecule has 98 valence electrons. The van der Waals surface area contributed by atoms with Crippen LogP contribution >= 0.6 is 0 Å². The molecule has 1 fully saturated rings. The molecule has 1 rings (SSSR count). The molecule has 1 heterocycles. The number of rotatable bonds is 2. The highest BCUT2D eigenvalue weighted by molar-refractivity contribution is 5.84. The maximum atomic E-state index is 11.9. The summed E-state index contributed by atoms with van der Waals surface area (Å²) < 4.78 is 39.6. The van der Waals surface area contributed by atoms with Crippen LogP contribution in [0.2, 0.25) is 0 Å². The second-order valence-corrected chi connectivity index (χ2v) is 3.78. The summed E-state index contributed by atoms with van der Waals surface area (Å²) in [5.74, 6) is -0.728. The maximum Gasteiger partial charge on any atom is 0.422 e. The van der Waals surface area contributed by atoms with Crippen molar-refractivity contribution >= 4 is 12.0 Å². The fraction of sp³-hybridized carbons (Fsp3) is 0.778. The Morgan fingerprint density at radius 1 is 1.35 bits per heavy atom. The van der Waals surface area contributed by atoms with Crippen molar-refractivity contribution in [3.63, 3.8) is 0 Å². The molecule has 1 aliphatic rings. The molecular weight excluding hydrogens is 241 g/mol. The number of amides is 2. The van der Waals surface area contributed by atoms with Gasteiger partial charge in [-0.15, -0.1) is 0 Å². The van der Waals surface area contributed by atoms with Crippen molar-refractivity contribution in [2.24, 2.45) is 5.73 Å². The molecule has 1 saturated heterocycles. The zero-order valence-corrected chi connectivity index (χ0v) is 9.00. The standard InChI is InChI=1S/C9H13F3N2O3/c10-9(11,12)5-17-8(16)14-4-2-1-3-6(14)7(13)15/h6H,1-5H2,(H2,13,15). The first-order valence-electron chi connectivity index (χ1n) is 5.11. The van der Waals surface area contributed by atoms with Crippen molar-refractivity contribution in [3.05, 3.63) is 0 Å². The van der Waals surface area contributed by atoms with Gasteiger partial charge in [0.1, 0.15) is 6.04 Å². The first-order chi connectivity index (χ1) is 7.81. The van der Waals surface area contributed by atoms with Gasteiger partial charge in [0.25, 0.3) is 0 Å². The van der Waals surface area contributed by atoms with Gasteiger partial charge in [-0.25, -0.2) is 4.79 Å². The summed E-state index contributed by atoms with van der Waals surface area (Å²) in [6.45, 7) is -1.47. The minimum absolute atomic E-state index is 0.185. The molecule has 0 aliphatic carbocycles. The van der Waals surface area contributed by atoms with Gasteiger partial charge in [-0.3, -0.25) is 9.69 Å². The Kier molecular flexibility index (Phi) is 4.19. The van der Waals surface area contributed by atoms with E-state index in [1.54, 1.807) is 0 Å². The van der Waals surface area contributed by atoms with E-state index in [0.717, 1.165) is 4.90 Å². The number of carbonyl (C=O) groups is 2. The molecule has 0 aromatic carbocycles. The van der Waals surface area contributed by atoms with E-state index in [1.807, 2.05) is 0 Å². The Balaban J connectivity index is 2.56. The highest BCUT2D eigenvalue weighted by Crippen LogP contribution is 2.20. The third kappa shape index (κ3) is 4.12. The Bertz CT molecular complexity index is 306. The summed E-state index contributed by atoms with van der Waals surface area (Å²) in [7, 11) is 0. The quantitative estimate of drug-likeness (QED) is 0.799. The van der Waals surface area contributed by atoms with Gasteiger partial charge in [-0.05, 0) is 19.3 Å². The smallest absolute Gasteiger partial charge is 0.422 e. The van der Waals surface area contributed by atoms with Crippen molar-refractivity contribution in [3.8, 4) is 0 Å². The van der Waals surface area contributed by atoms with E-state index in [2.05, 4.69) is 4.74 Å². The third-order valence-corrected chi connectivity index (χ3v) is 2.43. The number of carbonyl (C=O) groups excluding carboxylic acids is 2. The Morgan fingerprint density at radius 2 is 2.00 bits per heavy atom. The molecule has 0 bridgehead atoms. The number of piperidine rings is 1. The number of likely N-dealkylation sites (tertiary alicyclic amines) is 1. The fourth-order valence-corrected chi connectivity index (χ4v) is 1.67. The molecular formula is C9H13F3N2O3. The number of primary amides is 1. The number of halogens is 3. The molecule has 8 heteroatoms. The van der Waals surface area contributed by atoms with E-state index >= 15 is 0 Å². The van der Waals surface area contributed by atoms with Gasteiger partial charge >= 0.3 is 12.3 Å². The number of nitrogens with two attached hydrogens (primary N) is 1. The second kappa shape index (κ2) is 5.24. The largest absolute Gasteiger partial charge is 0.440 e. The van der Waals surface area contributed by atoms with Gasteiger partial charge in [-0.2, -0.15) is 13.2 Å². The predicted molar refractivity (Wildman–Crippen MR) is 50.9 cm³/mol. The molecule has 0 radical (unpaired) electrons. The number of ether oxygens (including phenoxy) is 1. The molecule has 0 aromatic heterocycles. The Morgan fingerprint density at radius 3 is 2.53 bits per heavy atom. The first kappa shape index (κ1) is 13.6. The van der Waals surface area contributed by atoms with Crippen LogP contribution in [0, 0.1) is 0 Å². The third-order valence-electron chi connectivity index (χ3n) is 2.43. The molecule has 1 atom stereocenters. The average Bonchev–Trinajstić information content (AvgIpc) is 2.25. The molecule has 1 aliphatic heterocycles. The number of nitrogens with zero attached hydrogens (tertiary/aromatic N) is 1. The van der Waals surface area contributed by atoms with Crippen molar-refractivity contribution in [1.82, 2.24) is 4.90 Å². The van der Waals surface area contributed by atoms with E-state index in [1.165, 1.54) is 0 Å². The normalized spacial score (nSPS) is 21.1. The predicted octanol–water partition coefficient (Wildman–Crippen LogP) is 1.03. The Labute approximate surface area is 95.7 Å². The molecule has 2 N–H and O–H groups in total. The summed E-state index contributed by atoms with van der Waals surface area (Å²) >= 11 is 0. The highest BCUT2D eigenvalue weighted by Gasteiger charge is 2.35. The number of alkyl halides is 3. The lowest BCUT2D eigenvalue weighted by atomic mass is 10.0. The average molecular weight is 254 g/mol. The van der Waals surface area contributed by atoms with Crippen LogP contribution in [0.1, 0.15) is 19.3 Å². The summed E-state index contributed by atoms with van der Waals surface area (Å²) in [5, 5.41) is 0. The van der Waals surface area contributed by atoms with Crippen LogP contribution in [0.25, 0.3) is 0 Å². The molecule has 2 amide bonds. The van der Waals surface area contributed by atoms with E-state index in [4.69, 9.17) is 5.73 Å². The van der Waals surface area contributed by atoms with Gasteiger partial charge in [0.05, 0.1) is 0 Å². The molecule has 0 spiro atoms. The van der Waals surface area contributed by atoms with Crippen LogP contribution in [-0.4, -0.2) is 42.3 Å². The van der Waals surface area contributed by atoms with Crippen LogP contribution in [0.4, 0.5) is 18.0 Å². The zero-order valence-electron chi connectivity index (χ0n) is 9.00. The van der Waals surface area contributed by atoms with E-state index in [-0.39, 0.29) is 6.54 Å². The number of hydrogen-bond acceptors (Lipinski definition) is 3. The van der Waals surface area contributed by atoms with Gasteiger partial charge in [0.15, 0.2) is 6.61 Å². The fourth-order valence-electron chi connectivity index (χ4n) is 1.67. The molecule has 17 heavy (non-hydrogen) atoms. The maximum absolute atomic E-state index is 11.9. The summed E-state index contributed by atoms with van der Waals surface area (Å²) in [6, 6.07) is -0.871. The highest BCUT2D eigenvalue weighted by atomic mass is 19.4. The van der Waals surface area contributed by atoms with Crippen molar-refractivity contribution in [2.75, 3.05) is 13.2 Å². The van der Waals surface area contributed by atoms with Crippen molar-refractivity contribution in [2.45, 2.75) is 31.5 Å². The molecule has 1 unspecified atom stereocenters. The van der Waals surface area contributed by atoms with Crippen LogP contribution < -0.4 is 5.73 Å².